The summed E-state index contributed by atoms with van der Waals surface area (Å²) in [5.41, 5.74) is 3.12. The van der Waals surface area contributed by atoms with Crippen molar-refractivity contribution in [2.24, 2.45) is 0 Å². The second-order valence-electron chi connectivity index (χ2n) is 9.72. The first-order chi connectivity index (χ1) is 18.1. The van der Waals surface area contributed by atoms with Gasteiger partial charge in [0.2, 0.25) is 5.91 Å². The van der Waals surface area contributed by atoms with Gasteiger partial charge in [-0.25, -0.2) is 14.6 Å². The molecule has 8 heteroatoms. The summed E-state index contributed by atoms with van der Waals surface area (Å²) < 4.78 is 1.90. The first kappa shape index (κ1) is 25.3. The van der Waals surface area contributed by atoms with Crippen LogP contribution in [0.25, 0.3) is 11.0 Å². The fourth-order valence-corrected chi connectivity index (χ4v) is 5.58. The van der Waals surface area contributed by atoms with E-state index in [9.17, 15) is 4.79 Å². The molecule has 1 N–H and O–H groups in total. The molecule has 1 saturated heterocycles. The molecule has 3 heterocycles. The Morgan fingerprint density at radius 1 is 0.973 bits per heavy atom. The van der Waals surface area contributed by atoms with Gasteiger partial charge >= 0.3 is 0 Å². The highest BCUT2D eigenvalue weighted by molar-refractivity contribution is 7.99. The summed E-state index contributed by atoms with van der Waals surface area (Å²) in [6.45, 7) is 7.38. The molecule has 0 aliphatic carbocycles. The number of amides is 1. The molecule has 0 spiro atoms. The zero-order valence-corrected chi connectivity index (χ0v) is 22.3. The molecular formula is C29H34N6OS. The Morgan fingerprint density at radius 2 is 1.62 bits per heavy atom. The summed E-state index contributed by atoms with van der Waals surface area (Å²) in [7, 11) is 0. The highest BCUT2D eigenvalue weighted by Crippen LogP contribution is 2.31. The molecule has 4 aromatic rings. The first-order valence-corrected chi connectivity index (χ1v) is 14.0. The molecule has 1 aliphatic rings. The SMILES string of the molecule is CC(C)Sc1nc(N2CCCC2)c2cnn(CCNC(=O)CC(c3ccccc3)c3ccccc3)c2n1. The van der Waals surface area contributed by atoms with Crippen LogP contribution in [0.5, 0.6) is 0 Å². The molecule has 7 nitrogen and oxygen atoms in total. The van der Waals surface area contributed by atoms with Gasteiger partial charge in [0.15, 0.2) is 10.8 Å². The molecular weight excluding hydrogens is 480 g/mol. The third-order valence-corrected chi connectivity index (χ3v) is 7.51. The standard InChI is InChI=1S/C29H34N6OS/c1-21(2)37-29-32-27(34-16-9-10-17-34)25-20-31-35(28(25)33-29)18-15-30-26(36)19-24(22-11-5-3-6-12-22)23-13-7-4-8-14-23/h3-8,11-14,20-21,24H,9-10,15-19H2,1-2H3,(H,30,36). The van der Waals surface area contributed by atoms with Crippen LogP contribution in [0.1, 0.15) is 50.2 Å². The number of fused-ring (bicyclic) bond motifs is 1. The second-order valence-corrected chi connectivity index (χ2v) is 11.3. The summed E-state index contributed by atoms with van der Waals surface area (Å²) in [6.07, 6.45) is 4.64. The van der Waals surface area contributed by atoms with Gasteiger partial charge in [0.25, 0.3) is 0 Å². The van der Waals surface area contributed by atoms with Crippen molar-refractivity contribution in [2.45, 2.75) is 56.0 Å². The van der Waals surface area contributed by atoms with Crippen molar-refractivity contribution < 1.29 is 4.79 Å². The molecule has 5 rings (SSSR count). The summed E-state index contributed by atoms with van der Waals surface area (Å²) in [5, 5.41) is 9.89. The zero-order chi connectivity index (χ0) is 25.6. The van der Waals surface area contributed by atoms with E-state index in [0.717, 1.165) is 46.2 Å². The monoisotopic (exact) mass is 514 g/mol. The van der Waals surface area contributed by atoms with Crippen LogP contribution in [-0.4, -0.2) is 50.5 Å². The Bertz CT molecular complexity index is 1280. The molecule has 2 aromatic heterocycles. The molecule has 0 saturated carbocycles. The number of hydrogen-bond acceptors (Lipinski definition) is 6. The van der Waals surface area contributed by atoms with Gasteiger partial charge in [0.1, 0.15) is 5.82 Å². The maximum atomic E-state index is 13.0. The molecule has 0 unspecified atom stereocenters. The van der Waals surface area contributed by atoms with Gasteiger partial charge in [0, 0.05) is 37.2 Å². The molecule has 1 fully saturated rings. The minimum Gasteiger partial charge on any atom is -0.356 e. The van der Waals surface area contributed by atoms with Crippen LogP contribution in [0.15, 0.2) is 72.0 Å². The van der Waals surface area contributed by atoms with E-state index in [2.05, 4.69) is 53.4 Å². The number of carbonyl (C=O) groups is 1. The maximum absolute atomic E-state index is 13.0. The van der Waals surface area contributed by atoms with Crippen LogP contribution in [0, 0.1) is 0 Å². The van der Waals surface area contributed by atoms with E-state index < -0.39 is 0 Å². The van der Waals surface area contributed by atoms with Crippen molar-refractivity contribution in [3.05, 3.63) is 78.0 Å². The van der Waals surface area contributed by atoms with Crippen LogP contribution in [0.3, 0.4) is 0 Å². The van der Waals surface area contributed by atoms with E-state index in [0.29, 0.717) is 24.8 Å². The third-order valence-electron chi connectivity index (χ3n) is 6.64. The van der Waals surface area contributed by atoms with E-state index in [4.69, 9.17) is 9.97 Å². The van der Waals surface area contributed by atoms with Crippen LogP contribution in [-0.2, 0) is 11.3 Å². The van der Waals surface area contributed by atoms with Crippen molar-refractivity contribution in [2.75, 3.05) is 24.5 Å². The second kappa shape index (κ2) is 11.8. The fraction of sp³-hybridized carbons (Fsp3) is 0.379. The van der Waals surface area contributed by atoms with Gasteiger partial charge in [-0.2, -0.15) is 5.10 Å². The molecule has 37 heavy (non-hydrogen) atoms. The number of thioether (sulfide) groups is 1. The van der Waals surface area contributed by atoms with Gasteiger partial charge in [-0.1, -0.05) is 86.3 Å². The molecule has 0 radical (unpaired) electrons. The topological polar surface area (TPSA) is 75.9 Å². The Kier molecular flexibility index (Phi) is 8.04. The highest BCUT2D eigenvalue weighted by Gasteiger charge is 2.22. The van der Waals surface area contributed by atoms with Gasteiger partial charge in [-0.15, -0.1) is 0 Å². The molecule has 1 aliphatic heterocycles. The molecule has 0 atom stereocenters. The summed E-state index contributed by atoms with van der Waals surface area (Å²) in [6, 6.07) is 20.5. The third kappa shape index (κ3) is 6.13. The summed E-state index contributed by atoms with van der Waals surface area (Å²) >= 11 is 1.67. The van der Waals surface area contributed by atoms with Gasteiger partial charge in [-0.3, -0.25) is 4.79 Å². The Morgan fingerprint density at radius 3 is 2.24 bits per heavy atom. The van der Waals surface area contributed by atoms with Crippen LogP contribution in [0.2, 0.25) is 0 Å². The largest absolute Gasteiger partial charge is 0.356 e. The van der Waals surface area contributed by atoms with E-state index >= 15 is 0 Å². The number of carbonyl (C=O) groups excluding carboxylic acids is 1. The summed E-state index contributed by atoms with van der Waals surface area (Å²) in [5.74, 6) is 1.02. The quantitative estimate of drug-likeness (QED) is 0.230. The van der Waals surface area contributed by atoms with Crippen molar-refractivity contribution in [3.8, 4) is 0 Å². The average molecular weight is 515 g/mol. The zero-order valence-electron chi connectivity index (χ0n) is 21.5. The van der Waals surface area contributed by atoms with Crippen LogP contribution in [0.4, 0.5) is 5.82 Å². The van der Waals surface area contributed by atoms with Gasteiger partial charge in [0.05, 0.1) is 18.1 Å². The van der Waals surface area contributed by atoms with Crippen molar-refractivity contribution >= 4 is 34.5 Å². The predicted molar refractivity (Wildman–Crippen MR) is 150 cm³/mol. The molecule has 192 valence electrons. The van der Waals surface area contributed by atoms with Crippen LogP contribution < -0.4 is 10.2 Å². The number of hydrogen-bond donors (Lipinski definition) is 1. The number of anilines is 1. The van der Waals surface area contributed by atoms with E-state index in [1.807, 2.05) is 47.3 Å². The highest BCUT2D eigenvalue weighted by atomic mass is 32.2. The Hall–Kier alpha value is -3.39. The average Bonchev–Trinajstić information content (AvgIpc) is 3.58. The van der Waals surface area contributed by atoms with Crippen molar-refractivity contribution in [3.63, 3.8) is 0 Å². The number of nitrogens with zero attached hydrogens (tertiary/aromatic N) is 5. The fourth-order valence-electron chi connectivity index (χ4n) is 4.88. The molecule has 2 aromatic carbocycles. The Labute approximate surface area is 222 Å². The van der Waals surface area contributed by atoms with Crippen LogP contribution >= 0.6 is 11.8 Å². The predicted octanol–water partition coefficient (Wildman–Crippen LogP) is 5.27. The minimum atomic E-state index is 0.0133. The van der Waals surface area contributed by atoms with E-state index in [-0.39, 0.29) is 11.8 Å². The summed E-state index contributed by atoms with van der Waals surface area (Å²) in [4.78, 5) is 25.1. The van der Waals surface area contributed by atoms with E-state index in [1.54, 1.807) is 11.8 Å². The lowest BCUT2D eigenvalue weighted by Crippen LogP contribution is -2.29. The maximum Gasteiger partial charge on any atom is 0.221 e. The van der Waals surface area contributed by atoms with Crippen molar-refractivity contribution in [1.29, 1.82) is 0 Å². The lowest BCUT2D eigenvalue weighted by atomic mass is 9.88. The lowest BCUT2D eigenvalue weighted by molar-refractivity contribution is -0.121. The number of nitrogens with one attached hydrogen (secondary N) is 1. The van der Waals surface area contributed by atoms with Gasteiger partial charge in [-0.05, 0) is 24.0 Å². The number of aromatic nitrogens is 4. The normalized spacial score (nSPS) is 13.7. The molecule has 1 amide bonds. The lowest BCUT2D eigenvalue weighted by Gasteiger charge is -2.18. The van der Waals surface area contributed by atoms with E-state index in [1.165, 1.54) is 12.8 Å². The number of rotatable bonds is 10. The smallest absolute Gasteiger partial charge is 0.221 e. The van der Waals surface area contributed by atoms with Crippen molar-refractivity contribution in [1.82, 2.24) is 25.1 Å². The number of benzene rings is 2. The first-order valence-electron chi connectivity index (χ1n) is 13.1. The van der Waals surface area contributed by atoms with Gasteiger partial charge < -0.3 is 10.2 Å². The Balaban J connectivity index is 1.29. The molecule has 0 bridgehead atoms. The minimum absolute atomic E-state index is 0.0133.